The minimum absolute atomic E-state index is 0.0249. The number of nitrogens with zero attached hydrogens (tertiary/aromatic N) is 1. The molecule has 1 amide bonds. The number of carbonyl (C=O) groups excluding carboxylic acids is 1. The van der Waals surface area contributed by atoms with Gasteiger partial charge < -0.3 is 5.32 Å². The molecule has 1 unspecified atom stereocenters. The molecule has 1 aromatic rings. The summed E-state index contributed by atoms with van der Waals surface area (Å²) in [6.07, 6.45) is 7.17. The Balaban J connectivity index is 1.68. The van der Waals surface area contributed by atoms with Gasteiger partial charge in [-0.1, -0.05) is 25.3 Å². The third-order valence-electron chi connectivity index (χ3n) is 5.82. The van der Waals surface area contributed by atoms with Gasteiger partial charge in [0, 0.05) is 19.1 Å². The van der Waals surface area contributed by atoms with E-state index in [0.717, 1.165) is 36.8 Å². The van der Waals surface area contributed by atoms with Crippen molar-refractivity contribution in [2.24, 2.45) is 5.92 Å². The van der Waals surface area contributed by atoms with E-state index in [0.29, 0.717) is 11.4 Å². The summed E-state index contributed by atoms with van der Waals surface area (Å²) in [6, 6.07) is 5.52. The van der Waals surface area contributed by atoms with Crippen LogP contribution < -0.4 is 5.32 Å². The Bertz CT molecular complexity index is 754. The predicted octanol–water partition coefficient (Wildman–Crippen LogP) is 3.15. The Labute approximate surface area is 157 Å². The second-order valence-corrected chi connectivity index (χ2v) is 9.73. The third kappa shape index (κ3) is 4.29. The van der Waals surface area contributed by atoms with Gasteiger partial charge in [-0.2, -0.15) is 4.31 Å². The maximum absolute atomic E-state index is 13.0. The number of sulfonamides is 1. The van der Waals surface area contributed by atoms with Crippen LogP contribution in [0.5, 0.6) is 0 Å². The lowest BCUT2D eigenvalue weighted by Gasteiger charge is -2.33. The van der Waals surface area contributed by atoms with Gasteiger partial charge in [-0.15, -0.1) is 0 Å². The SMILES string of the molecule is Cc1ccc(S(=O)(=O)N2CCCC(C(=O)NC3CCCCC3)C2)cc1C. The summed E-state index contributed by atoms with van der Waals surface area (Å²) in [5.41, 5.74) is 2.04. The van der Waals surface area contributed by atoms with Crippen molar-refractivity contribution in [3.05, 3.63) is 29.3 Å². The number of benzene rings is 1. The highest BCUT2D eigenvalue weighted by Gasteiger charge is 2.34. The van der Waals surface area contributed by atoms with Crippen LogP contribution in [0.15, 0.2) is 23.1 Å². The van der Waals surface area contributed by atoms with E-state index in [2.05, 4.69) is 5.32 Å². The molecule has 1 heterocycles. The summed E-state index contributed by atoms with van der Waals surface area (Å²) in [5.74, 6) is -0.219. The molecule has 0 aromatic heterocycles. The standard InChI is InChI=1S/C20H30N2O3S/c1-15-10-11-19(13-16(15)2)26(24,25)22-12-6-7-17(14-22)20(23)21-18-8-4-3-5-9-18/h10-11,13,17-18H,3-9,12,14H2,1-2H3,(H,21,23). The van der Waals surface area contributed by atoms with Crippen LogP contribution in [0.3, 0.4) is 0 Å². The van der Waals surface area contributed by atoms with Crippen molar-refractivity contribution >= 4 is 15.9 Å². The molecule has 1 saturated heterocycles. The van der Waals surface area contributed by atoms with Crippen LogP contribution in [0.1, 0.15) is 56.1 Å². The van der Waals surface area contributed by atoms with Gasteiger partial charge in [0.15, 0.2) is 0 Å². The molecular formula is C20H30N2O3S. The highest BCUT2D eigenvalue weighted by molar-refractivity contribution is 7.89. The number of amides is 1. The van der Waals surface area contributed by atoms with Crippen LogP contribution in [0, 0.1) is 19.8 Å². The lowest BCUT2D eigenvalue weighted by atomic mass is 9.93. The molecule has 26 heavy (non-hydrogen) atoms. The van der Waals surface area contributed by atoms with Crippen molar-refractivity contribution in [3.63, 3.8) is 0 Å². The Hall–Kier alpha value is -1.40. The van der Waals surface area contributed by atoms with Crippen LogP contribution >= 0.6 is 0 Å². The zero-order valence-electron chi connectivity index (χ0n) is 15.8. The van der Waals surface area contributed by atoms with Crippen LogP contribution in [0.4, 0.5) is 0 Å². The van der Waals surface area contributed by atoms with Gasteiger partial charge in [-0.3, -0.25) is 4.79 Å². The third-order valence-corrected chi connectivity index (χ3v) is 7.68. The molecule has 0 bridgehead atoms. The van der Waals surface area contributed by atoms with Gasteiger partial charge in [0.05, 0.1) is 10.8 Å². The quantitative estimate of drug-likeness (QED) is 0.875. The number of piperidine rings is 1. The van der Waals surface area contributed by atoms with Gasteiger partial charge in [0.1, 0.15) is 0 Å². The molecule has 1 aromatic carbocycles. The Morgan fingerprint density at radius 2 is 1.77 bits per heavy atom. The first-order valence-electron chi connectivity index (χ1n) is 9.75. The molecule has 0 spiro atoms. The van der Waals surface area contributed by atoms with Gasteiger partial charge in [0.2, 0.25) is 15.9 Å². The first kappa shape index (κ1) is 19.4. The first-order chi connectivity index (χ1) is 12.4. The van der Waals surface area contributed by atoms with E-state index < -0.39 is 10.0 Å². The van der Waals surface area contributed by atoms with Crippen molar-refractivity contribution in [2.75, 3.05) is 13.1 Å². The van der Waals surface area contributed by atoms with Crippen LogP contribution in [-0.4, -0.2) is 37.8 Å². The normalized spacial score (nSPS) is 22.9. The van der Waals surface area contributed by atoms with E-state index in [-0.39, 0.29) is 24.4 Å². The van der Waals surface area contributed by atoms with Crippen molar-refractivity contribution in [1.29, 1.82) is 0 Å². The van der Waals surface area contributed by atoms with Gasteiger partial charge in [-0.25, -0.2) is 8.42 Å². The topological polar surface area (TPSA) is 66.5 Å². The summed E-state index contributed by atoms with van der Waals surface area (Å²) < 4.78 is 27.5. The van der Waals surface area contributed by atoms with Gasteiger partial charge in [0.25, 0.3) is 0 Å². The number of aryl methyl sites for hydroxylation is 2. The molecule has 144 valence electrons. The second kappa shape index (κ2) is 8.09. The fraction of sp³-hybridized carbons (Fsp3) is 0.650. The first-order valence-corrected chi connectivity index (χ1v) is 11.2. The van der Waals surface area contributed by atoms with E-state index in [4.69, 9.17) is 0 Å². The smallest absolute Gasteiger partial charge is 0.243 e. The van der Waals surface area contributed by atoms with E-state index in [1.807, 2.05) is 19.9 Å². The monoisotopic (exact) mass is 378 g/mol. The molecule has 0 radical (unpaired) electrons. The van der Waals surface area contributed by atoms with Gasteiger partial charge >= 0.3 is 0 Å². The minimum atomic E-state index is -3.55. The Morgan fingerprint density at radius 3 is 2.46 bits per heavy atom. The highest BCUT2D eigenvalue weighted by Crippen LogP contribution is 2.26. The molecule has 5 nitrogen and oxygen atoms in total. The van der Waals surface area contributed by atoms with Crippen molar-refractivity contribution < 1.29 is 13.2 Å². The zero-order valence-corrected chi connectivity index (χ0v) is 16.6. The molecule has 1 atom stereocenters. The van der Waals surface area contributed by atoms with E-state index >= 15 is 0 Å². The highest BCUT2D eigenvalue weighted by atomic mass is 32.2. The van der Waals surface area contributed by atoms with Crippen LogP contribution in [-0.2, 0) is 14.8 Å². The number of carbonyl (C=O) groups is 1. The van der Waals surface area contributed by atoms with E-state index in [1.165, 1.54) is 23.6 Å². The van der Waals surface area contributed by atoms with Crippen molar-refractivity contribution in [1.82, 2.24) is 9.62 Å². The Kier molecular flexibility index (Phi) is 6.03. The van der Waals surface area contributed by atoms with E-state index in [1.54, 1.807) is 12.1 Å². The minimum Gasteiger partial charge on any atom is -0.353 e. The van der Waals surface area contributed by atoms with Crippen LogP contribution in [0.2, 0.25) is 0 Å². The van der Waals surface area contributed by atoms with Crippen molar-refractivity contribution in [3.8, 4) is 0 Å². The molecule has 3 rings (SSSR count). The summed E-state index contributed by atoms with van der Waals surface area (Å²) in [4.78, 5) is 13.0. The fourth-order valence-electron chi connectivity index (χ4n) is 3.96. The van der Waals surface area contributed by atoms with E-state index in [9.17, 15) is 13.2 Å². The summed E-state index contributed by atoms with van der Waals surface area (Å²) in [5, 5.41) is 3.16. The Morgan fingerprint density at radius 1 is 1.04 bits per heavy atom. The molecular weight excluding hydrogens is 348 g/mol. The molecule has 1 aliphatic carbocycles. The lowest BCUT2D eigenvalue weighted by molar-refractivity contribution is -0.127. The average molecular weight is 379 g/mol. The lowest BCUT2D eigenvalue weighted by Crippen LogP contribution is -2.47. The molecule has 1 aliphatic heterocycles. The second-order valence-electron chi connectivity index (χ2n) is 7.79. The number of hydrogen-bond donors (Lipinski definition) is 1. The largest absolute Gasteiger partial charge is 0.353 e. The average Bonchev–Trinajstić information content (AvgIpc) is 2.65. The van der Waals surface area contributed by atoms with Crippen molar-refractivity contribution in [2.45, 2.75) is 69.7 Å². The van der Waals surface area contributed by atoms with Gasteiger partial charge in [-0.05, 0) is 62.8 Å². The number of nitrogens with one attached hydrogen (secondary N) is 1. The predicted molar refractivity (Wildman–Crippen MR) is 102 cm³/mol. The molecule has 2 aliphatic rings. The summed E-state index contributed by atoms with van der Waals surface area (Å²) in [7, 11) is -3.55. The molecule has 2 fully saturated rings. The zero-order chi connectivity index (χ0) is 18.7. The maximum Gasteiger partial charge on any atom is 0.243 e. The summed E-state index contributed by atoms with van der Waals surface area (Å²) >= 11 is 0. The van der Waals surface area contributed by atoms with Crippen LogP contribution in [0.25, 0.3) is 0 Å². The summed E-state index contributed by atoms with van der Waals surface area (Å²) in [6.45, 7) is 4.67. The molecule has 1 N–H and O–H groups in total. The maximum atomic E-state index is 13.0. The number of rotatable bonds is 4. The fourth-order valence-corrected chi connectivity index (χ4v) is 5.57. The number of hydrogen-bond acceptors (Lipinski definition) is 3. The molecule has 1 saturated carbocycles. The molecule has 6 heteroatoms.